The first-order chi connectivity index (χ1) is 19.3. The van der Waals surface area contributed by atoms with Crippen LogP contribution in [0.25, 0.3) is 11.1 Å². The number of likely N-dealkylation sites (N-methyl/N-ethyl adjacent to an activating group) is 2. The van der Waals surface area contributed by atoms with Crippen LogP contribution < -0.4 is 9.64 Å². The molecule has 0 atom stereocenters. The number of fused-ring (bicyclic) bond motifs is 2. The molecule has 0 saturated heterocycles. The maximum atomic E-state index is 14.1. The van der Waals surface area contributed by atoms with Gasteiger partial charge in [-0.2, -0.15) is 0 Å². The van der Waals surface area contributed by atoms with Gasteiger partial charge in [0.05, 0.1) is 20.2 Å². The molecule has 2 heterocycles. The Bertz CT molecular complexity index is 1560. The molecule has 0 fully saturated rings. The average molecular weight is 537 g/mol. The number of carbonyl (C=O) groups excluding carboxylic acids is 2. The van der Waals surface area contributed by atoms with Crippen LogP contribution >= 0.6 is 0 Å². The number of para-hydroxylation sites is 2. The molecule has 3 aromatic carbocycles. The molecule has 1 aliphatic rings. The minimum atomic E-state index is -0.0762. The number of nitrogens with zero attached hydrogens (tertiary/aromatic N) is 4. The van der Waals surface area contributed by atoms with Crippen molar-refractivity contribution in [2.24, 2.45) is 0 Å². The predicted octanol–water partition coefficient (Wildman–Crippen LogP) is 5.31. The second-order valence-corrected chi connectivity index (χ2v) is 10.6. The van der Waals surface area contributed by atoms with Crippen molar-refractivity contribution in [1.29, 1.82) is 0 Å². The van der Waals surface area contributed by atoms with E-state index in [4.69, 9.17) is 4.74 Å². The fraction of sp³-hybridized carbons (Fsp3) is 0.273. The van der Waals surface area contributed by atoms with Crippen molar-refractivity contribution < 1.29 is 14.3 Å². The van der Waals surface area contributed by atoms with Crippen molar-refractivity contribution in [1.82, 2.24) is 14.4 Å². The molecule has 0 unspecified atom stereocenters. The van der Waals surface area contributed by atoms with Crippen LogP contribution in [-0.2, 0) is 13.1 Å². The zero-order valence-electron chi connectivity index (χ0n) is 23.8. The minimum absolute atomic E-state index is 0.0205. The first kappa shape index (κ1) is 27.2. The molecule has 1 aromatic heterocycles. The summed E-state index contributed by atoms with van der Waals surface area (Å²) in [5, 5.41) is 0. The van der Waals surface area contributed by atoms with E-state index >= 15 is 0 Å². The van der Waals surface area contributed by atoms with Crippen LogP contribution in [-0.4, -0.2) is 67.5 Å². The number of hydrogen-bond donors (Lipinski definition) is 0. The highest BCUT2D eigenvalue weighted by molar-refractivity contribution is 6.07. The zero-order valence-corrected chi connectivity index (χ0v) is 23.8. The highest BCUT2D eigenvalue weighted by Crippen LogP contribution is 2.34. The van der Waals surface area contributed by atoms with Gasteiger partial charge in [-0.1, -0.05) is 42.5 Å². The van der Waals surface area contributed by atoms with Gasteiger partial charge in [-0.05, 0) is 74.1 Å². The van der Waals surface area contributed by atoms with Crippen molar-refractivity contribution in [2.75, 3.05) is 46.2 Å². The van der Waals surface area contributed by atoms with E-state index in [9.17, 15) is 9.59 Å². The summed E-state index contributed by atoms with van der Waals surface area (Å²) in [5.74, 6) is 0.699. The van der Waals surface area contributed by atoms with E-state index in [1.807, 2.05) is 112 Å². The van der Waals surface area contributed by atoms with Crippen molar-refractivity contribution >= 4 is 17.5 Å². The Morgan fingerprint density at radius 3 is 2.35 bits per heavy atom. The Morgan fingerprint density at radius 2 is 1.60 bits per heavy atom. The van der Waals surface area contributed by atoms with Crippen LogP contribution in [0.2, 0.25) is 0 Å². The van der Waals surface area contributed by atoms with E-state index in [-0.39, 0.29) is 11.8 Å². The van der Waals surface area contributed by atoms with Gasteiger partial charge in [0, 0.05) is 42.6 Å². The third-order valence-electron chi connectivity index (χ3n) is 7.57. The maximum Gasteiger partial charge on any atom is 0.270 e. The minimum Gasteiger partial charge on any atom is -0.496 e. The van der Waals surface area contributed by atoms with Crippen LogP contribution in [0.4, 0.5) is 5.69 Å². The lowest BCUT2D eigenvalue weighted by atomic mass is 9.97. The van der Waals surface area contributed by atoms with Gasteiger partial charge in [0.2, 0.25) is 0 Å². The summed E-state index contributed by atoms with van der Waals surface area (Å²) >= 11 is 0. The molecule has 4 aromatic rings. The van der Waals surface area contributed by atoms with Crippen molar-refractivity contribution in [3.8, 4) is 16.9 Å². The van der Waals surface area contributed by atoms with Crippen molar-refractivity contribution in [3.05, 3.63) is 107 Å². The van der Waals surface area contributed by atoms with Gasteiger partial charge in [-0.3, -0.25) is 9.59 Å². The lowest BCUT2D eigenvalue weighted by molar-refractivity contribution is 0.0775. The van der Waals surface area contributed by atoms with Crippen molar-refractivity contribution in [3.63, 3.8) is 0 Å². The smallest absolute Gasteiger partial charge is 0.270 e. The summed E-state index contributed by atoms with van der Waals surface area (Å²) in [6.07, 6.45) is 0. The molecule has 7 heteroatoms. The Labute approximate surface area is 236 Å². The van der Waals surface area contributed by atoms with Crippen LogP contribution in [0, 0.1) is 6.92 Å². The van der Waals surface area contributed by atoms with Crippen LogP contribution in [0.1, 0.15) is 37.7 Å². The summed E-state index contributed by atoms with van der Waals surface area (Å²) in [6, 6.07) is 25.5. The Hall–Kier alpha value is -4.36. The summed E-state index contributed by atoms with van der Waals surface area (Å²) in [7, 11) is 7.50. The highest BCUT2D eigenvalue weighted by Gasteiger charge is 2.28. The average Bonchev–Trinajstić information content (AvgIpc) is 3.27. The molecule has 206 valence electrons. The fourth-order valence-corrected chi connectivity index (χ4v) is 5.30. The number of aryl methyl sites for hydroxylation is 1. The summed E-state index contributed by atoms with van der Waals surface area (Å²) < 4.78 is 7.62. The number of aromatic nitrogens is 1. The molecule has 7 nitrogen and oxygen atoms in total. The summed E-state index contributed by atoms with van der Waals surface area (Å²) in [6.45, 7) is 4.34. The quantitative estimate of drug-likeness (QED) is 0.321. The van der Waals surface area contributed by atoms with Gasteiger partial charge >= 0.3 is 0 Å². The predicted molar refractivity (Wildman–Crippen MR) is 159 cm³/mol. The summed E-state index contributed by atoms with van der Waals surface area (Å²) in [4.78, 5) is 33.1. The van der Waals surface area contributed by atoms with Crippen molar-refractivity contribution in [2.45, 2.75) is 20.0 Å². The van der Waals surface area contributed by atoms with E-state index in [2.05, 4.69) is 9.47 Å². The molecular weight excluding hydrogens is 500 g/mol. The van der Waals surface area contributed by atoms with E-state index < -0.39 is 0 Å². The molecule has 0 bridgehead atoms. The molecule has 1 aliphatic heterocycles. The number of rotatable bonds is 7. The van der Waals surface area contributed by atoms with Gasteiger partial charge in [-0.15, -0.1) is 0 Å². The van der Waals surface area contributed by atoms with Gasteiger partial charge in [0.15, 0.2) is 0 Å². The zero-order chi connectivity index (χ0) is 28.4. The van der Waals surface area contributed by atoms with Gasteiger partial charge in [0.25, 0.3) is 11.8 Å². The Kier molecular flexibility index (Phi) is 7.76. The first-order valence-electron chi connectivity index (χ1n) is 13.5. The second kappa shape index (κ2) is 11.4. The number of ether oxygens (including phenoxy) is 1. The lowest BCUT2D eigenvalue weighted by Gasteiger charge is -2.23. The third kappa shape index (κ3) is 5.25. The summed E-state index contributed by atoms with van der Waals surface area (Å²) in [5.41, 5.74) is 7.06. The fourth-order valence-electron chi connectivity index (χ4n) is 5.30. The number of anilines is 1. The Morgan fingerprint density at radius 1 is 0.850 bits per heavy atom. The second-order valence-electron chi connectivity index (χ2n) is 10.6. The Balaban J connectivity index is 1.48. The van der Waals surface area contributed by atoms with Gasteiger partial charge < -0.3 is 24.0 Å². The highest BCUT2D eigenvalue weighted by atomic mass is 16.5. The molecule has 40 heavy (non-hydrogen) atoms. The number of carbonyl (C=O) groups is 2. The van der Waals surface area contributed by atoms with E-state index in [1.165, 1.54) is 0 Å². The maximum absolute atomic E-state index is 14.1. The third-order valence-corrected chi connectivity index (χ3v) is 7.57. The molecule has 0 radical (unpaired) electrons. The van der Waals surface area contributed by atoms with Gasteiger partial charge in [0.1, 0.15) is 11.4 Å². The lowest BCUT2D eigenvalue weighted by Crippen LogP contribution is -2.34. The van der Waals surface area contributed by atoms with E-state index in [0.29, 0.717) is 30.9 Å². The van der Waals surface area contributed by atoms with E-state index in [0.717, 1.165) is 45.9 Å². The molecule has 5 rings (SSSR count). The normalized spacial score (nSPS) is 12.5. The number of hydrogen-bond acceptors (Lipinski definition) is 4. The van der Waals surface area contributed by atoms with Crippen LogP contribution in [0.3, 0.4) is 0 Å². The molecule has 0 saturated carbocycles. The number of methoxy groups -OCH3 is 1. The first-order valence-corrected chi connectivity index (χ1v) is 13.5. The molecule has 2 amide bonds. The monoisotopic (exact) mass is 536 g/mol. The van der Waals surface area contributed by atoms with E-state index in [1.54, 1.807) is 12.0 Å². The van der Waals surface area contributed by atoms with Gasteiger partial charge in [-0.25, -0.2) is 0 Å². The van der Waals surface area contributed by atoms with Crippen LogP contribution in [0.5, 0.6) is 5.75 Å². The molecule has 0 N–H and O–H groups in total. The molecular formula is C33H36N4O3. The SMILES string of the molecule is COc1ccccc1-c1ccc(C(=O)N2Cc3ccc(C(=O)N(C)CCN(C)C)n3Cc3ccccc32)cc1C. The number of amides is 2. The number of benzene rings is 3. The van der Waals surface area contributed by atoms with Crippen LogP contribution in [0.15, 0.2) is 78.9 Å². The largest absolute Gasteiger partial charge is 0.496 e. The molecule has 0 spiro atoms. The molecule has 0 aliphatic carbocycles. The standard InChI is InChI=1S/C33H36N4O3/c1-23-20-24(14-16-27(23)28-11-7-9-13-31(28)40-5)32(38)37-22-26-15-17-30(33(39)35(4)19-18-34(2)3)36(26)21-25-10-6-8-12-29(25)37/h6-17,20H,18-19,21-22H2,1-5H3. The topological polar surface area (TPSA) is 58.0 Å².